The third kappa shape index (κ3) is 3.21. The van der Waals surface area contributed by atoms with Gasteiger partial charge in [-0.05, 0) is 24.6 Å². The Morgan fingerprint density at radius 3 is 2.32 bits per heavy atom. The Hall–Kier alpha value is -3.77. The number of hydrogen-bond acceptors (Lipinski definition) is 5. The maximum absolute atomic E-state index is 13.2. The van der Waals surface area contributed by atoms with Crippen LogP contribution in [0, 0.1) is 6.92 Å². The van der Waals surface area contributed by atoms with Gasteiger partial charge in [0, 0.05) is 5.56 Å². The molecule has 0 aliphatic carbocycles. The first-order chi connectivity index (χ1) is 15.0. The van der Waals surface area contributed by atoms with Crippen molar-refractivity contribution in [3.63, 3.8) is 0 Å². The van der Waals surface area contributed by atoms with Gasteiger partial charge in [0.25, 0.3) is 5.78 Å². The maximum atomic E-state index is 13.2. The highest BCUT2D eigenvalue weighted by atomic mass is 32.1. The Bertz CT molecular complexity index is 1310. The summed E-state index contributed by atoms with van der Waals surface area (Å²) < 4.78 is 0.921. The highest BCUT2D eigenvalue weighted by Crippen LogP contribution is 2.44. The molecule has 3 aromatic carbocycles. The molecular weight excluding hydrogens is 408 g/mol. The minimum Gasteiger partial charge on any atom is -0.507 e. The molecule has 1 fully saturated rings. The van der Waals surface area contributed by atoms with E-state index in [9.17, 15) is 14.7 Å². The average Bonchev–Trinajstić information content (AvgIpc) is 3.33. The molecule has 0 saturated carbocycles. The number of thiazole rings is 1. The molecule has 152 valence electrons. The molecular formula is C25H18N2O3S. The molecule has 1 aliphatic heterocycles. The predicted molar refractivity (Wildman–Crippen MR) is 122 cm³/mol. The fourth-order valence-electron chi connectivity index (χ4n) is 3.81. The number of ketones is 1. The summed E-state index contributed by atoms with van der Waals surface area (Å²) in [6, 6.07) is 23.3. The number of aromatic nitrogens is 1. The normalized spacial score (nSPS) is 18.1. The number of nitrogens with zero attached hydrogens (tertiary/aromatic N) is 2. The lowest BCUT2D eigenvalue weighted by Crippen LogP contribution is -2.29. The van der Waals surface area contributed by atoms with E-state index in [4.69, 9.17) is 0 Å². The quantitative estimate of drug-likeness (QED) is 0.277. The lowest BCUT2D eigenvalue weighted by atomic mass is 9.95. The maximum Gasteiger partial charge on any atom is 0.301 e. The lowest BCUT2D eigenvalue weighted by molar-refractivity contribution is -0.132. The summed E-state index contributed by atoms with van der Waals surface area (Å²) in [5.41, 5.74) is 3.09. The fourth-order valence-corrected chi connectivity index (χ4v) is 4.80. The van der Waals surface area contributed by atoms with E-state index in [0.29, 0.717) is 10.7 Å². The number of aliphatic hydroxyl groups is 1. The first-order valence-corrected chi connectivity index (χ1v) is 10.6. The minimum atomic E-state index is -0.761. The van der Waals surface area contributed by atoms with E-state index < -0.39 is 17.7 Å². The summed E-state index contributed by atoms with van der Waals surface area (Å²) in [5, 5.41) is 11.5. The van der Waals surface area contributed by atoms with Crippen molar-refractivity contribution >= 4 is 44.1 Å². The third-order valence-electron chi connectivity index (χ3n) is 5.37. The number of Topliss-reactive ketones (excluding diaryl/α,β-unsaturated/α-hetero) is 1. The summed E-state index contributed by atoms with van der Waals surface area (Å²) in [6.45, 7) is 1.94. The van der Waals surface area contributed by atoms with Crippen LogP contribution >= 0.6 is 11.3 Å². The van der Waals surface area contributed by atoms with Crippen molar-refractivity contribution in [1.29, 1.82) is 0 Å². The standard InChI is InChI=1S/C25H18N2O3S/c1-15-11-13-17(14-12-15)22(28)20-21(16-7-3-2-4-8-16)27(24(30)23(20)29)25-26-18-9-5-6-10-19(18)31-25/h2-14,21,28H,1H3. The van der Waals surface area contributed by atoms with Crippen LogP contribution in [0.15, 0.2) is 84.4 Å². The zero-order chi connectivity index (χ0) is 21.5. The van der Waals surface area contributed by atoms with E-state index in [-0.39, 0.29) is 11.3 Å². The summed E-state index contributed by atoms with van der Waals surface area (Å²) in [7, 11) is 0. The van der Waals surface area contributed by atoms with Crippen molar-refractivity contribution in [3.05, 3.63) is 101 Å². The lowest BCUT2D eigenvalue weighted by Gasteiger charge is -2.22. The van der Waals surface area contributed by atoms with Crippen molar-refractivity contribution in [1.82, 2.24) is 4.98 Å². The second-order valence-electron chi connectivity index (χ2n) is 7.41. The predicted octanol–water partition coefficient (Wildman–Crippen LogP) is 5.23. The van der Waals surface area contributed by atoms with Crippen LogP contribution in [0.4, 0.5) is 5.13 Å². The number of rotatable bonds is 3. The number of hydrogen-bond donors (Lipinski definition) is 1. The third-order valence-corrected chi connectivity index (χ3v) is 6.41. The van der Waals surface area contributed by atoms with Crippen molar-refractivity contribution < 1.29 is 14.7 Å². The van der Waals surface area contributed by atoms with Crippen LogP contribution in [0.3, 0.4) is 0 Å². The number of fused-ring (bicyclic) bond motifs is 1. The van der Waals surface area contributed by atoms with Crippen LogP contribution in [-0.2, 0) is 9.59 Å². The number of benzene rings is 3. The van der Waals surface area contributed by atoms with Crippen LogP contribution in [0.1, 0.15) is 22.7 Å². The van der Waals surface area contributed by atoms with Gasteiger partial charge >= 0.3 is 5.91 Å². The molecule has 6 heteroatoms. The second kappa shape index (κ2) is 7.49. The monoisotopic (exact) mass is 426 g/mol. The molecule has 0 spiro atoms. The molecule has 4 aromatic rings. The van der Waals surface area contributed by atoms with Gasteiger partial charge in [0.2, 0.25) is 0 Å². The first-order valence-electron chi connectivity index (χ1n) is 9.83. The SMILES string of the molecule is Cc1ccc(C(O)=C2C(=O)C(=O)N(c3nc4ccccc4s3)C2c2ccccc2)cc1. The molecule has 5 nitrogen and oxygen atoms in total. The summed E-state index contributed by atoms with van der Waals surface area (Å²) in [5.74, 6) is -1.59. The molecule has 2 heterocycles. The van der Waals surface area contributed by atoms with E-state index in [1.54, 1.807) is 12.1 Å². The Kier molecular flexibility index (Phi) is 4.64. The van der Waals surface area contributed by atoms with Crippen molar-refractivity contribution in [3.8, 4) is 0 Å². The van der Waals surface area contributed by atoms with Gasteiger partial charge in [-0.3, -0.25) is 14.5 Å². The number of carbonyl (C=O) groups is 2. The summed E-state index contributed by atoms with van der Waals surface area (Å²) >= 11 is 1.35. The van der Waals surface area contributed by atoms with E-state index in [0.717, 1.165) is 21.3 Å². The molecule has 1 aromatic heterocycles. The molecule has 0 radical (unpaired) electrons. The summed E-state index contributed by atoms with van der Waals surface area (Å²) in [6.07, 6.45) is 0. The van der Waals surface area contributed by atoms with Crippen molar-refractivity contribution in [2.45, 2.75) is 13.0 Å². The van der Waals surface area contributed by atoms with Gasteiger partial charge in [0.05, 0.1) is 21.8 Å². The number of aryl methyl sites for hydroxylation is 1. The van der Waals surface area contributed by atoms with Gasteiger partial charge in [-0.2, -0.15) is 0 Å². The molecule has 1 amide bonds. The van der Waals surface area contributed by atoms with E-state index in [1.165, 1.54) is 16.2 Å². The molecule has 31 heavy (non-hydrogen) atoms. The average molecular weight is 426 g/mol. The molecule has 1 atom stereocenters. The number of aliphatic hydroxyl groups excluding tert-OH is 1. The van der Waals surface area contributed by atoms with Crippen molar-refractivity contribution in [2.75, 3.05) is 4.90 Å². The van der Waals surface area contributed by atoms with Gasteiger partial charge in [-0.1, -0.05) is 83.6 Å². The largest absolute Gasteiger partial charge is 0.507 e. The number of amides is 1. The second-order valence-corrected chi connectivity index (χ2v) is 8.42. The van der Waals surface area contributed by atoms with Gasteiger partial charge in [0.15, 0.2) is 5.13 Å². The number of anilines is 1. The van der Waals surface area contributed by atoms with Crippen LogP contribution in [0.2, 0.25) is 0 Å². The van der Waals surface area contributed by atoms with Gasteiger partial charge in [-0.15, -0.1) is 0 Å². The highest BCUT2D eigenvalue weighted by molar-refractivity contribution is 7.22. The van der Waals surface area contributed by atoms with E-state index >= 15 is 0 Å². The number of carbonyl (C=O) groups excluding carboxylic acids is 2. The Morgan fingerprint density at radius 1 is 0.935 bits per heavy atom. The fraction of sp³-hybridized carbons (Fsp3) is 0.0800. The molecule has 1 N–H and O–H groups in total. The van der Waals surface area contributed by atoms with Gasteiger partial charge < -0.3 is 5.11 Å². The molecule has 5 rings (SSSR count). The molecule has 0 bridgehead atoms. The van der Waals surface area contributed by atoms with E-state index in [2.05, 4.69) is 4.98 Å². The summed E-state index contributed by atoms with van der Waals surface area (Å²) in [4.78, 5) is 32.3. The molecule has 1 unspecified atom stereocenters. The Balaban J connectivity index is 1.73. The Morgan fingerprint density at radius 2 is 1.61 bits per heavy atom. The van der Waals surface area contributed by atoms with Crippen LogP contribution < -0.4 is 4.90 Å². The van der Waals surface area contributed by atoms with Gasteiger partial charge in [-0.25, -0.2) is 4.98 Å². The van der Waals surface area contributed by atoms with Crippen LogP contribution in [0.25, 0.3) is 16.0 Å². The smallest absolute Gasteiger partial charge is 0.301 e. The van der Waals surface area contributed by atoms with Crippen LogP contribution in [-0.4, -0.2) is 21.8 Å². The molecule has 1 aliphatic rings. The minimum absolute atomic E-state index is 0.0688. The zero-order valence-corrected chi connectivity index (χ0v) is 17.5. The highest BCUT2D eigenvalue weighted by Gasteiger charge is 2.48. The zero-order valence-electron chi connectivity index (χ0n) is 16.6. The molecule has 1 saturated heterocycles. The topological polar surface area (TPSA) is 70.5 Å². The van der Waals surface area contributed by atoms with Gasteiger partial charge in [0.1, 0.15) is 5.76 Å². The van der Waals surface area contributed by atoms with E-state index in [1.807, 2.05) is 73.7 Å². The Labute approximate surface area is 182 Å². The van der Waals surface area contributed by atoms with Crippen molar-refractivity contribution in [2.24, 2.45) is 0 Å². The number of para-hydroxylation sites is 1. The van der Waals surface area contributed by atoms with Crippen LogP contribution in [0.5, 0.6) is 0 Å². The first kappa shape index (κ1) is 19.2.